The minimum atomic E-state index is -0.250. The van der Waals surface area contributed by atoms with Gasteiger partial charge in [0.25, 0.3) is 0 Å². The van der Waals surface area contributed by atoms with E-state index in [1.165, 1.54) is 0 Å². The van der Waals surface area contributed by atoms with E-state index >= 15 is 0 Å². The van der Waals surface area contributed by atoms with Crippen molar-refractivity contribution >= 4 is 5.82 Å². The molecule has 0 atom stereocenters. The summed E-state index contributed by atoms with van der Waals surface area (Å²) in [5, 5.41) is 0. The van der Waals surface area contributed by atoms with Crippen molar-refractivity contribution < 1.29 is 4.74 Å². The number of nitrogens with zero attached hydrogens (tertiary/aromatic N) is 2. The Hall–Kier alpha value is -1.03. The molecule has 0 radical (unpaired) electrons. The molecule has 0 spiro atoms. The van der Waals surface area contributed by atoms with Crippen LogP contribution in [0.15, 0.2) is 0 Å². The number of nitrogens with two attached hydrogens (primary N) is 1. The fourth-order valence-electron chi connectivity index (χ4n) is 2.24. The number of ether oxygens (including phenoxy) is 1. The molecule has 4 heteroatoms. The quantitative estimate of drug-likeness (QED) is 0.900. The van der Waals surface area contributed by atoms with E-state index in [4.69, 9.17) is 15.5 Å². The highest BCUT2D eigenvalue weighted by Crippen LogP contribution is 2.29. The van der Waals surface area contributed by atoms with Gasteiger partial charge in [-0.2, -0.15) is 0 Å². The third kappa shape index (κ3) is 3.98. The highest BCUT2D eigenvalue weighted by Gasteiger charge is 2.28. The maximum absolute atomic E-state index is 6.36. The lowest BCUT2D eigenvalue weighted by molar-refractivity contribution is 0.0226. The molecule has 116 valence electrons. The minimum absolute atomic E-state index is 0.0154. The van der Waals surface area contributed by atoms with Crippen LogP contribution in [-0.2, 0) is 23.1 Å². The highest BCUT2D eigenvalue weighted by atomic mass is 16.5. The van der Waals surface area contributed by atoms with E-state index in [-0.39, 0.29) is 11.0 Å². The lowest BCUT2D eigenvalue weighted by atomic mass is 9.95. The van der Waals surface area contributed by atoms with Crippen molar-refractivity contribution in [3.63, 3.8) is 0 Å². The summed E-state index contributed by atoms with van der Waals surface area (Å²) in [6.45, 7) is 16.0. The van der Waals surface area contributed by atoms with Crippen LogP contribution >= 0.6 is 0 Å². The summed E-state index contributed by atoms with van der Waals surface area (Å²) < 4.78 is 7.68. The molecule has 0 aliphatic carbocycles. The molecule has 0 saturated carbocycles. The lowest BCUT2D eigenvalue weighted by Crippen LogP contribution is -2.26. The zero-order valence-corrected chi connectivity index (χ0v) is 14.4. The van der Waals surface area contributed by atoms with Gasteiger partial charge in [-0.1, -0.05) is 34.6 Å². The van der Waals surface area contributed by atoms with Gasteiger partial charge in [0.05, 0.1) is 11.3 Å². The van der Waals surface area contributed by atoms with E-state index in [0.717, 1.165) is 30.3 Å². The summed E-state index contributed by atoms with van der Waals surface area (Å²) in [5.41, 5.74) is 7.04. The number of methoxy groups -OCH3 is 1. The van der Waals surface area contributed by atoms with Gasteiger partial charge in [-0.25, -0.2) is 4.98 Å². The summed E-state index contributed by atoms with van der Waals surface area (Å²) in [7, 11) is 1.73. The van der Waals surface area contributed by atoms with Gasteiger partial charge in [0.15, 0.2) is 0 Å². The second kappa shape index (κ2) is 5.76. The molecule has 0 bridgehead atoms. The van der Waals surface area contributed by atoms with Crippen molar-refractivity contribution in [1.29, 1.82) is 0 Å². The Labute approximate surface area is 123 Å². The third-order valence-corrected chi connectivity index (χ3v) is 3.45. The SMILES string of the molecule is COC(C)(C)Cc1nc(C(C)(C)C)n(CC(C)C)c1N. The monoisotopic (exact) mass is 281 g/mol. The van der Waals surface area contributed by atoms with Gasteiger partial charge in [-0.3, -0.25) is 0 Å². The second-order valence-corrected chi connectivity index (χ2v) is 7.66. The Morgan fingerprint density at radius 1 is 1.20 bits per heavy atom. The minimum Gasteiger partial charge on any atom is -0.384 e. The molecule has 1 aromatic rings. The molecule has 2 N–H and O–H groups in total. The van der Waals surface area contributed by atoms with Gasteiger partial charge >= 0.3 is 0 Å². The van der Waals surface area contributed by atoms with Gasteiger partial charge in [-0.05, 0) is 19.8 Å². The Bertz CT molecular complexity index is 453. The standard InChI is InChI=1S/C16H31N3O/c1-11(2)10-19-13(17)12(9-16(6,7)20-8)18-14(19)15(3,4)5/h11H,9-10,17H2,1-8H3. The van der Waals surface area contributed by atoms with Gasteiger partial charge in [0, 0.05) is 25.5 Å². The predicted molar refractivity (Wildman–Crippen MR) is 85.0 cm³/mol. The Kier molecular flexibility index (Phi) is 4.90. The van der Waals surface area contributed by atoms with Crippen molar-refractivity contribution in [3.8, 4) is 0 Å². The van der Waals surface area contributed by atoms with E-state index in [2.05, 4.69) is 53.0 Å². The Morgan fingerprint density at radius 2 is 1.75 bits per heavy atom. The lowest BCUT2D eigenvalue weighted by Gasteiger charge is -2.22. The predicted octanol–water partition coefficient (Wildman–Crippen LogP) is 3.39. The summed E-state index contributed by atoms with van der Waals surface area (Å²) >= 11 is 0. The first kappa shape index (κ1) is 17.0. The average Bonchev–Trinajstić information content (AvgIpc) is 2.56. The molecular weight excluding hydrogens is 250 g/mol. The van der Waals surface area contributed by atoms with Crippen molar-refractivity contribution in [2.24, 2.45) is 5.92 Å². The van der Waals surface area contributed by atoms with Crippen LogP contribution in [0.3, 0.4) is 0 Å². The van der Waals surface area contributed by atoms with E-state index < -0.39 is 0 Å². The summed E-state index contributed by atoms with van der Waals surface area (Å²) in [4.78, 5) is 4.83. The first-order valence-electron chi connectivity index (χ1n) is 7.38. The maximum Gasteiger partial charge on any atom is 0.126 e. The maximum atomic E-state index is 6.36. The molecule has 1 heterocycles. The molecule has 0 aliphatic rings. The van der Waals surface area contributed by atoms with Gasteiger partial charge < -0.3 is 15.0 Å². The molecule has 20 heavy (non-hydrogen) atoms. The van der Waals surface area contributed by atoms with E-state index in [1.54, 1.807) is 7.11 Å². The first-order chi connectivity index (χ1) is 8.98. The number of hydrogen-bond acceptors (Lipinski definition) is 3. The zero-order chi connectivity index (χ0) is 15.7. The normalized spacial score (nSPS) is 13.2. The average molecular weight is 281 g/mol. The zero-order valence-electron chi connectivity index (χ0n) is 14.4. The molecule has 0 fully saturated rings. The molecule has 0 unspecified atom stereocenters. The van der Waals surface area contributed by atoms with Gasteiger partial charge in [-0.15, -0.1) is 0 Å². The summed E-state index contributed by atoms with van der Waals surface area (Å²) in [6.07, 6.45) is 0.726. The second-order valence-electron chi connectivity index (χ2n) is 7.66. The molecule has 1 rings (SSSR count). The number of hydrogen-bond donors (Lipinski definition) is 1. The number of rotatable bonds is 5. The summed E-state index contributed by atoms with van der Waals surface area (Å²) in [5.74, 6) is 2.38. The number of aromatic nitrogens is 2. The highest BCUT2D eigenvalue weighted by molar-refractivity contribution is 5.40. The molecule has 4 nitrogen and oxygen atoms in total. The smallest absolute Gasteiger partial charge is 0.126 e. The van der Waals surface area contributed by atoms with Gasteiger partial charge in [0.1, 0.15) is 11.6 Å². The largest absolute Gasteiger partial charge is 0.384 e. The number of anilines is 1. The van der Waals surface area contributed by atoms with Crippen LogP contribution in [0, 0.1) is 5.92 Å². The van der Waals surface area contributed by atoms with E-state index in [1.807, 2.05) is 0 Å². The fourth-order valence-corrected chi connectivity index (χ4v) is 2.24. The molecule has 0 saturated heterocycles. The third-order valence-electron chi connectivity index (χ3n) is 3.45. The summed E-state index contributed by atoms with van der Waals surface area (Å²) in [6, 6.07) is 0. The van der Waals surface area contributed by atoms with Crippen LogP contribution < -0.4 is 5.73 Å². The molecule has 0 aliphatic heterocycles. The van der Waals surface area contributed by atoms with E-state index in [0.29, 0.717) is 5.92 Å². The number of imidazole rings is 1. The van der Waals surface area contributed by atoms with Crippen molar-refractivity contribution in [2.75, 3.05) is 12.8 Å². The van der Waals surface area contributed by atoms with Crippen LogP contribution in [-0.4, -0.2) is 22.3 Å². The van der Waals surface area contributed by atoms with Gasteiger partial charge in [0.2, 0.25) is 0 Å². The van der Waals surface area contributed by atoms with Crippen LogP contribution in [0.1, 0.15) is 60.0 Å². The Morgan fingerprint density at radius 3 is 2.15 bits per heavy atom. The number of nitrogen functional groups attached to an aromatic ring is 1. The van der Waals surface area contributed by atoms with Crippen LogP contribution in [0.4, 0.5) is 5.82 Å². The van der Waals surface area contributed by atoms with Crippen LogP contribution in [0.5, 0.6) is 0 Å². The van der Waals surface area contributed by atoms with Crippen molar-refractivity contribution in [3.05, 3.63) is 11.5 Å². The van der Waals surface area contributed by atoms with E-state index in [9.17, 15) is 0 Å². The topological polar surface area (TPSA) is 53.1 Å². The van der Waals surface area contributed by atoms with Crippen LogP contribution in [0.25, 0.3) is 0 Å². The molecule has 0 amide bonds. The van der Waals surface area contributed by atoms with Crippen molar-refractivity contribution in [2.45, 2.75) is 72.4 Å². The Balaban J connectivity index is 3.25. The first-order valence-corrected chi connectivity index (χ1v) is 7.38. The van der Waals surface area contributed by atoms with Crippen LogP contribution in [0.2, 0.25) is 0 Å². The fraction of sp³-hybridized carbons (Fsp3) is 0.812. The molecule has 1 aromatic heterocycles. The van der Waals surface area contributed by atoms with Crippen molar-refractivity contribution in [1.82, 2.24) is 9.55 Å². The molecule has 0 aromatic carbocycles. The molecular formula is C16H31N3O.